The summed E-state index contributed by atoms with van der Waals surface area (Å²) < 4.78 is 45.1. The summed E-state index contributed by atoms with van der Waals surface area (Å²) in [6.07, 6.45) is 0.0198. The van der Waals surface area contributed by atoms with Crippen molar-refractivity contribution in [3.8, 4) is 5.75 Å². The van der Waals surface area contributed by atoms with Gasteiger partial charge in [0.05, 0.1) is 16.6 Å². The molecule has 25 heavy (non-hydrogen) atoms. The van der Waals surface area contributed by atoms with Crippen LogP contribution in [0, 0.1) is 5.82 Å². The van der Waals surface area contributed by atoms with Crippen LogP contribution in [-0.2, 0) is 10.0 Å². The molecular weight excluding hydrogens is 347 g/mol. The Morgan fingerprint density at radius 2 is 1.76 bits per heavy atom. The first kappa shape index (κ1) is 18.9. The number of nitrogens with one attached hydrogen (secondary N) is 2. The maximum atomic E-state index is 13.9. The highest BCUT2D eigenvalue weighted by atomic mass is 32.2. The Morgan fingerprint density at radius 1 is 1.12 bits per heavy atom. The molecule has 1 amide bonds. The van der Waals surface area contributed by atoms with Crippen molar-refractivity contribution >= 4 is 21.6 Å². The molecule has 0 unspecified atom stereocenters. The van der Waals surface area contributed by atoms with Gasteiger partial charge in [-0.2, -0.15) is 0 Å². The summed E-state index contributed by atoms with van der Waals surface area (Å²) in [5.41, 5.74) is 0.0706. The third-order valence-electron chi connectivity index (χ3n) is 3.25. The molecule has 134 valence electrons. The molecule has 6 nitrogen and oxygen atoms in total. The average Bonchev–Trinajstić information content (AvgIpc) is 2.56. The van der Waals surface area contributed by atoms with E-state index in [2.05, 4.69) is 10.0 Å². The van der Waals surface area contributed by atoms with Crippen LogP contribution in [0.1, 0.15) is 24.2 Å². The zero-order valence-corrected chi connectivity index (χ0v) is 14.9. The predicted molar refractivity (Wildman–Crippen MR) is 92.8 cm³/mol. The number of sulfonamides is 1. The quantitative estimate of drug-likeness (QED) is 0.823. The molecule has 0 spiro atoms. The monoisotopic (exact) mass is 366 g/mol. The van der Waals surface area contributed by atoms with Crippen molar-refractivity contribution in [3.05, 3.63) is 53.8 Å². The van der Waals surface area contributed by atoms with Gasteiger partial charge >= 0.3 is 0 Å². The second kappa shape index (κ2) is 7.62. The number of anilines is 1. The first-order valence-corrected chi connectivity index (χ1v) is 9.02. The number of hydrogen-bond acceptors (Lipinski definition) is 4. The molecule has 0 aliphatic heterocycles. The van der Waals surface area contributed by atoms with Gasteiger partial charge in [0.25, 0.3) is 5.91 Å². The number of carbonyl (C=O) groups excluding carboxylic acids is 1. The van der Waals surface area contributed by atoms with E-state index in [9.17, 15) is 17.6 Å². The minimum Gasteiger partial charge on any atom is -0.491 e. The lowest BCUT2D eigenvalue weighted by molar-refractivity contribution is 0.102. The lowest BCUT2D eigenvalue weighted by Crippen LogP contribution is -2.20. The van der Waals surface area contributed by atoms with E-state index in [1.807, 2.05) is 13.8 Å². The zero-order chi connectivity index (χ0) is 18.6. The molecule has 0 aromatic heterocycles. The Hall–Kier alpha value is -2.45. The van der Waals surface area contributed by atoms with E-state index in [-0.39, 0.29) is 16.6 Å². The molecule has 0 bridgehead atoms. The fourth-order valence-electron chi connectivity index (χ4n) is 2.05. The molecule has 2 N–H and O–H groups in total. The van der Waals surface area contributed by atoms with Crippen molar-refractivity contribution in [1.29, 1.82) is 0 Å². The van der Waals surface area contributed by atoms with Crippen molar-refractivity contribution < 1.29 is 22.3 Å². The molecule has 0 aliphatic rings. The van der Waals surface area contributed by atoms with Gasteiger partial charge in [-0.15, -0.1) is 0 Å². The van der Waals surface area contributed by atoms with Crippen molar-refractivity contribution in [2.24, 2.45) is 0 Å². The Balaban J connectivity index is 2.22. The van der Waals surface area contributed by atoms with Gasteiger partial charge < -0.3 is 10.1 Å². The number of halogens is 1. The fourth-order valence-corrected chi connectivity index (χ4v) is 2.81. The number of benzene rings is 2. The maximum Gasteiger partial charge on any atom is 0.258 e. The average molecular weight is 366 g/mol. The second-order valence-electron chi connectivity index (χ2n) is 5.49. The molecule has 8 heteroatoms. The summed E-state index contributed by atoms with van der Waals surface area (Å²) in [5, 5.41) is 2.53. The maximum absolute atomic E-state index is 13.9. The smallest absolute Gasteiger partial charge is 0.258 e. The summed E-state index contributed by atoms with van der Waals surface area (Å²) in [4.78, 5) is 12.1. The molecule has 0 radical (unpaired) electrons. The van der Waals surface area contributed by atoms with Crippen LogP contribution in [0.25, 0.3) is 0 Å². The Bertz CT molecular complexity index is 865. The van der Waals surface area contributed by atoms with Gasteiger partial charge in [-0.3, -0.25) is 4.79 Å². The van der Waals surface area contributed by atoms with Gasteiger partial charge in [0, 0.05) is 5.69 Å². The molecule has 0 fully saturated rings. The van der Waals surface area contributed by atoms with E-state index in [4.69, 9.17) is 4.74 Å². The van der Waals surface area contributed by atoms with Crippen molar-refractivity contribution in [1.82, 2.24) is 4.72 Å². The first-order valence-electron chi connectivity index (χ1n) is 7.54. The van der Waals surface area contributed by atoms with E-state index < -0.39 is 21.7 Å². The summed E-state index contributed by atoms with van der Waals surface area (Å²) in [7, 11) is -2.54. The number of carbonyl (C=O) groups is 1. The van der Waals surface area contributed by atoms with Crippen molar-refractivity contribution in [2.75, 3.05) is 12.4 Å². The lowest BCUT2D eigenvalue weighted by atomic mass is 10.2. The third kappa shape index (κ3) is 4.77. The van der Waals surface area contributed by atoms with Crippen LogP contribution in [0.15, 0.2) is 47.4 Å². The number of ether oxygens (including phenoxy) is 1. The predicted octanol–water partition coefficient (Wildman–Crippen LogP) is 2.77. The molecule has 0 aliphatic carbocycles. The summed E-state index contributed by atoms with van der Waals surface area (Å²) in [6.45, 7) is 3.79. The summed E-state index contributed by atoms with van der Waals surface area (Å²) in [5.74, 6) is -0.920. The van der Waals surface area contributed by atoms with Crippen molar-refractivity contribution in [3.63, 3.8) is 0 Å². The highest BCUT2D eigenvalue weighted by Gasteiger charge is 2.18. The van der Waals surface area contributed by atoms with Crippen LogP contribution in [0.3, 0.4) is 0 Å². The van der Waals surface area contributed by atoms with Crippen LogP contribution < -0.4 is 14.8 Å². The van der Waals surface area contributed by atoms with Crippen molar-refractivity contribution in [2.45, 2.75) is 24.8 Å². The fraction of sp³-hybridized carbons (Fsp3) is 0.235. The van der Waals surface area contributed by atoms with Crippen LogP contribution in [0.2, 0.25) is 0 Å². The molecule has 0 saturated carbocycles. The van der Waals surface area contributed by atoms with Crippen LogP contribution in [0.4, 0.5) is 10.1 Å². The second-order valence-corrected chi connectivity index (χ2v) is 7.38. The van der Waals surface area contributed by atoms with E-state index in [0.29, 0.717) is 11.4 Å². The Labute approximate surface area is 146 Å². The normalized spacial score (nSPS) is 11.4. The minimum atomic E-state index is -3.77. The molecule has 0 heterocycles. The molecule has 0 atom stereocenters. The summed E-state index contributed by atoms with van der Waals surface area (Å²) in [6, 6.07) is 9.60. The number of amides is 1. The highest BCUT2D eigenvalue weighted by Crippen LogP contribution is 2.20. The van der Waals surface area contributed by atoms with E-state index >= 15 is 0 Å². The topological polar surface area (TPSA) is 84.5 Å². The number of hydrogen-bond donors (Lipinski definition) is 2. The van der Waals surface area contributed by atoms with Gasteiger partial charge in [0.15, 0.2) is 0 Å². The standard InChI is InChI=1S/C17H19FN2O4S/c1-11(2)24-13-6-4-12(5-7-13)20-17(21)15-10-14(8-9-16(15)18)25(22,23)19-3/h4-11,19H,1-3H3,(H,20,21). The van der Waals surface area contributed by atoms with Crippen LogP contribution >= 0.6 is 0 Å². The van der Waals surface area contributed by atoms with Gasteiger partial charge in [-0.25, -0.2) is 17.5 Å². The lowest BCUT2D eigenvalue weighted by Gasteiger charge is -2.11. The van der Waals surface area contributed by atoms with Gasteiger partial charge in [-0.1, -0.05) is 0 Å². The highest BCUT2D eigenvalue weighted by molar-refractivity contribution is 7.89. The SMILES string of the molecule is CNS(=O)(=O)c1ccc(F)c(C(=O)Nc2ccc(OC(C)C)cc2)c1. The van der Waals surface area contributed by atoms with E-state index in [1.165, 1.54) is 7.05 Å². The van der Waals surface area contributed by atoms with Crippen LogP contribution in [-0.4, -0.2) is 27.5 Å². The Kier molecular flexibility index (Phi) is 5.76. The summed E-state index contributed by atoms with van der Waals surface area (Å²) >= 11 is 0. The minimum absolute atomic E-state index is 0.0198. The molecule has 2 rings (SSSR count). The van der Waals surface area contributed by atoms with Gasteiger partial charge in [0.2, 0.25) is 10.0 Å². The first-order chi connectivity index (χ1) is 11.7. The third-order valence-corrected chi connectivity index (χ3v) is 4.66. The number of rotatable bonds is 6. The van der Waals surface area contributed by atoms with Gasteiger partial charge in [0.1, 0.15) is 11.6 Å². The largest absolute Gasteiger partial charge is 0.491 e. The zero-order valence-electron chi connectivity index (χ0n) is 14.0. The molecule has 2 aromatic rings. The van der Waals surface area contributed by atoms with Crippen LogP contribution in [0.5, 0.6) is 5.75 Å². The molecular formula is C17H19FN2O4S. The molecule has 2 aromatic carbocycles. The Morgan fingerprint density at radius 3 is 2.32 bits per heavy atom. The van der Waals surface area contributed by atoms with E-state index in [0.717, 1.165) is 18.2 Å². The van der Waals surface area contributed by atoms with Gasteiger partial charge in [-0.05, 0) is 63.4 Å². The molecule has 0 saturated heterocycles. The van der Waals surface area contributed by atoms with E-state index in [1.54, 1.807) is 24.3 Å².